The number of hydrogen-bond donors (Lipinski definition) is 2. The Bertz CT molecular complexity index is 688. The number of H-pyrrole nitrogens is 1. The van der Waals surface area contributed by atoms with Crippen LogP contribution in [0.3, 0.4) is 0 Å². The van der Waals surface area contributed by atoms with Crippen LogP contribution in [0.5, 0.6) is 0 Å². The molecule has 0 spiro atoms. The number of nitrogens with one attached hydrogen (secondary N) is 2. The Labute approximate surface area is 129 Å². The fourth-order valence-electron chi connectivity index (χ4n) is 2.82. The predicted octanol–water partition coefficient (Wildman–Crippen LogP) is 2.17. The summed E-state index contributed by atoms with van der Waals surface area (Å²) in [4.78, 5) is 27.3. The van der Waals surface area contributed by atoms with Gasteiger partial charge in [0.25, 0.3) is 0 Å². The molecule has 0 unspecified atom stereocenters. The van der Waals surface area contributed by atoms with Crippen molar-refractivity contribution in [3.8, 4) is 0 Å². The molecule has 116 valence electrons. The topological polar surface area (TPSA) is 71.2 Å². The van der Waals surface area contributed by atoms with Crippen molar-refractivity contribution in [2.45, 2.75) is 31.7 Å². The summed E-state index contributed by atoms with van der Waals surface area (Å²) in [5, 5.41) is 3.91. The molecule has 3 rings (SSSR count). The molecule has 5 nitrogen and oxygen atoms in total. The second-order valence-electron chi connectivity index (χ2n) is 5.78. The van der Waals surface area contributed by atoms with E-state index in [-0.39, 0.29) is 11.8 Å². The van der Waals surface area contributed by atoms with E-state index in [1.807, 2.05) is 30.5 Å². The van der Waals surface area contributed by atoms with E-state index in [9.17, 15) is 9.59 Å². The molecule has 1 aliphatic carbocycles. The van der Waals surface area contributed by atoms with Gasteiger partial charge in [0, 0.05) is 29.4 Å². The maximum Gasteiger partial charge on any atom is 0.328 e. The normalized spacial score (nSPS) is 16.0. The van der Waals surface area contributed by atoms with E-state index in [2.05, 4.69) is 10.3 Å². The highest BCUT2D eigenvalue weighted by molar-refractivity contribution is 5.88. The van der Waals surface area contributed by atoms with Crippen molar-refractivity contribution >= 4 is 22.8 Å². The molecule has 5 heteroatoms. The van der Waals surface area contributed by atoms with Crippen LogP contribution in [0, 0.1) is 5.92 Å². The number of esters is 1. The molecule has 0 saturated heterocycles. The van der Waals surface area contributed by atoms with Gasteiger partial charge in [-0.2, -0.15) is 0 Å². The van der Waals surface area contributed by atoms with Crippen LogP contribution in [0.15, 0.2) is 30.5 Å². The van der Waals surface area contributed by atoms with E-state index in [4.69, 9.17) is 4.74 Å². The molecule has 1 aromatic heterocycles. The number of methoxy groups -OCH3 is 1. The minimum atomic E-state index is -0.641. The van der Waals surface area contributed by atoms with Crippen molar-refractivity contribution in [2.75, 3.05) is 7.11 Å². The van der Waals surface area contributed by atoms with Gasteiger partial charge in [0.15, 0.2) is 0 Å². The van der Waals surface area contributed by atoms with Crippen LogP contribution in [0.4, 0.5) is 0 Å². The maximum atomic E-state index is 12.1. The number of para-hydroxylation sites is 1. The van der Waals surface area contributed by atoms with Crippen molar-refractivity contribution in [1.29, 1.82) is 0 Å². The van der Waals surface area contributed by atoms with Gasteiger partial charge in [-0.15, -0.1) is 0 Å². The molecule has 1 fully saturated rings. The Hall–Kier alpha value is -2.30. The summed E-state index contributed by atoms with van der Waals surface area (Å²) in [6.07, 6.45) is 5.22. The number of fused-ring (bicyclic) bond motifs is 1. The summed E-state index contributed by atoms with van der Waals surface area (Å²) in [6, 6.07) is 7.26. The van der Waals surface area contributed by atoms with E-state index < -0.39 is 12.0 Å². The Morgan fingerprint density at radius 2 is 2.14 bits per heavy atom. The zero-order valence-corrected chi connectivity index (χ0v) is 12.6. The SMILES string of the molecule is COC(=O)[C@@H](Cc1c[nH]c2ccccc12)NC(=O)C1CCC1. The van der Waals surface area contributed by atoms with Gasteiger partial charge >= 0.3 is 5.97 Å². The molecule has 1 atom stereocenters. The summed E-state index contributed by atoms with van der Waals surface area (Å²) in [7, 11) is 1.35. The third-order valence-corrected chi connectivity index (χ3v) is 4.38. The van der Waals surface area contributed by atoms with E-state index in [1.165, 1.54) is 7.11 Å². The van der Waals surface area contributed by atoms with Crippen LogP contribution in [0.25, 0.3) is 10.9 Å². The molecular formula is C17H20N2O3. The number of rotatable bonds is 5. The monoisotopic (exact) mass is 300 g/mol. The largest absolute Gasteiger partial charge is 0.467 e. The highest BCUT2D eigenvalue weighted by Gasteiger charge is 2.30. The average Bonchev–Trinajstić information content (AvgIpc) is 2.87. The average molecular weight is 300 g/mol. The number of ether oxygens (including phenoxy) is 1. The third kappa shape index (κ3) is 2.84. The van der Waals surface area contributed by atoms with Crippen molar-refractivity contribution < 1.29 is 14.3 Å². The molecular weight excluding hydrogens is 280 g/mol. The molecule has 22 heavy (non-hydrogen) atoms. The summed E-state index contributed by atoms with van der Waals surface area (Å²) in [5.74, 6) is -0.394. The van der Waals surface area contributed by atoms with Crippen LogP contribution < -0.4 is 5.32 Å². The molecule has 1 heterocycles. The first-order valence-electron chi connectivity index (χ1n) is 7.62. The van der Waals surface area contributed by atoms with Gasteiger partial charge < -0.3 is 15.0 Å². The lowest BCUT2D eigenvalue weighted by atomic mass is 9.84. The van der Waals surface area contributed by atoms with Crippen LogP contribution >= 0.6 is 0 Å². The summed E-state index contributed by atoms with van der Waals surface area (Å²) in [5.41, 5.74) is 2.02. The summed E-state index contributed by atoms with van der Waals surface area (Å²) < 4.78 is 4.84. The number of benzene rings is 1. The number of aromatic nitrogens is 1. The minimum Gasteiger partial charge on any atom is -0.467 e. The number of carbonyl (C=O) groups is 2. The number of amides is 1. The Morgan fingerprint density at radius 3 is 2.82 bits per heavy atom. The first-order valence-corrected chi connectivity index (χ1v) is 7.62. The van der Waals surface area contributed by atoms with Crippen LogP contribution in [-0.2, 0) is 20.7 Å². The van der Waals surface area contributed by atoms with Gasteiger partial charge in [0.2, 0.25) is 5.91 Å². The Balaban J connectivity index is 1.77. The van der Waals surface area contributed by atoms with Gasteiger partial charge in [-0.1, -0.05) is 24.6 Å². The first-order chi connectivity index (χ1) is 10.7. The minimum absolute atomic E-state index is 0.0403. The van der Waals surface area contributed by atoms with Gasteiger partial charge in [-0.3, -0.25) is 4.79 Å². The Kier molecular flexibility index (Phi) is 4.13. The van der Waals surface area contributed by atoms with Crippen LogP contribution in [0.2, 0.25) is 0 Å². The second-order valence-corrected chi connectivity index (χ2v) is 5.78. The zero-order valence-electron chi connectivity index (χ0n) is 12.6. The highest BCUT2D eigenvalue weighted by atomic mass is 16.5. The number of aromatic amines is 1. The number of hydrogen-bond acceptors (Lipinski definition) is 3. The van der Waals surface area contributed by atoms with Crippen molar-refractivity contribution in [2.24, 2.45) is 5.92 Å². The van der Waals surface area contributed by atoms with Crippen molar-refractivity contribution in [1.82, 2.24) is 10.3 Å². The van der Waals surface area contributed by atoms with E-state index in [1.54, 1.807) is 0 Å². The van der Waals surface area contributed by atoms with E-state index >= 15 is 0 Å². The van der Waals surface area contributed by atoms with Gasteiger partial charge in [-0.05, 0) is 24.5 Å². The molecule has 2 aromatic rings. The van der Waals surface area contributed by atoms with E-state index in [0.717, 1.165) is 35.7 Å². The molecule has 1 aromatic carbocycles. The molecule has 2 N–H and O–H groups in total. The smallest absolute Gasteiger partial charge is 0.328 e. The van der Waals surface area contributed by atoms with Crippen LogP contribution in [0.1, 0.15) is 24.8 Å². The molecule has 0 aliphatic heterocycles. The quantitative estimate of drug-likeness (QED) is 0.831. The van der Waals surface area contributed by atoms with Gasteiger partial charge in [-0.25, -0.2) is 4.79 Å². The molecule has 1 saturated carbocycles. The van der Waals surface area contributed by atoms with Crippen LogP contribution in [-0.4, -0.2) is 30.0 Å². The van der Waals surface area contributed by atoms with Gasteiger partial charge in [0.05, 0.1) is 7.11 Å². The second kappa shape index (κ2) is 6.22. The molecule has 0 bridgehead atoms. The standard InChI is InChI=1S/C17H20N2O3/c1-22-17(21)15(19-16(20)11-5-4-6-11)9-12-10-18-14-8-3-2-7-13(12)14/h2-3,7-8,10-11,15,18H,4-6,9H2,1H3,(H,19,20)/t15-/m1/s1. The lowest BCUT2D eigenvalue weighted by Gasteiger charge is -2.26. The predicted molar refractivity (Wildman–Crippen MR) is 83.3 cm³/mol. The Morgan fingerprint density at radius 1 is 1.36 bits per heavy atom. The lowest BCUT2D eigenvalue weighted by Crippen LogP contribution is -2.46. The fraction of sp³-hybridized carbons (Fsp3) is 0.412. The lowest BCUT2D eigenvalue weighted by molar-refractivity contribution is -0.146. The maximum absolute atomic E-state index is 12.1. The molecule has 0 radical (unpaired) electrons. The van der Waals surface area contributed by atoms with Crippen molar-refractivity contribution in [3.63, 3.8) is 0 Å². The molecule has 1 amide bonds. The zero-order chi connectivity index (χ0) is 15.5. The number of carbonyl (C=O) groups excluding carboxylic acids is 2. The third-order valence-electron chi connectivity index (χ3n) is 4.38. The summed E-state index contributed by atoms with van der Waals surface area (Å²) in [6.45, 7) is 0. The van der Waals surface area contributed by atoms with Gasteiger partial charge in [0.1, 0.15) is 6.04 Å². The highest BCUT2D eigenvalue weighted by Crippen LogP contribution is 2.26. The fourth-order valence-corrected chi connectivity index (χ4v) is 2.82. The van der Waals surface area contributed by atoms with E-state index in [0.29, 0.717) is 6.42 Å². The first kappa shape index (κ1) is 14.6. The summed E-state index contributed by atoms with van der Waals surface area (Å²) >= 11 is 0. The van der Waals surface area contributed by atoms with Crippen molar-refractivity contribution in [3.05, 3.63) is 36.0 Å². The molecule has 1 aliphatic rings.